The summed E-state index contributed by atoms with van der Waals surface area (Å²) in [5.41, 5.74) is 5.89. The molecule has 0 bridgehead atoms. The summed E-state index contributed by atoms with van der Waals surface area (Å²) in [6.45, 7) is 1.19. The summed E-state index contributed by atoms with van der Waals surface area (Å²) in [5.74, 6) is 0.428. The van der Waals surface area contributed by atoms with E-state index in [0.717, 1.165) is 31.5 Å². The molecular formula is C26H23F3N6O3. The van der Waals surface area contributed by atoms with Crippen molar-refractivity contribution in [3.8, 4) is 11.6 Å². The van der Waals surface area contributed by atoms with E-state index in [1.807, 2.05) is 4.90 Å². The smallest absolute Gasteiger partial charge is 0.416 e. The highest BCUT2D eigenvalue weighted by molar-refractivity contribution is 5.98. The molecule has 12 heteroatoms. The normalized spacial score (nSPS) is 16.0. The van der Waals surface area contributed by atoms with Gasteiger partial charge in [-0.25, -0.2) is 14.8 Å². The van der Waals surface area contributed by atoms with Crippen LogP contribution in [-0.4, -0.2) is 44.0 Å². The topological polar surface area (TPSA) is 115 Å². The van der Waals surface area contributed by atoms with Crippen molar-refractivity contribution >= 4 is 28.5 Å². The van der Waals surface area contributed by atoms with Crippen LogP contribution in [0.3, 0.4) is 0 Å². The van der Waals surface area contributed by atoms with E-state index in [0.29, 0.717) is 34.8 Å². The summed E-state index contributed by atoms with van der Waals surface area (Å²) in [6.07, 6.45) is 0.00142. The highest BCUT2D eigenvalue weighted by atomic mass is 19.4. The van der Waals surface area contributed by atoms with Gasteiger partial charge in [-0.15, -0.1) is 0 Å². The van der Waals surface area contributed by atoms with Crippen molar-refractivity contribution < 1.29 is 27.5 Å². The summed E-state index contributed by atoms with van der Waals surface area (Å²) in [6, 6.07) is 11.9. The van der Waals surface area contributed by atoms with E-state index in [2.05, 4.69) is 15.3 Å². The largest absolute Gasteiger partial charge is 0.439 e. The Balaban J connectivity index is 1.29. The number of nitrogens with one attached hydrogen (secondary N) is 1. The van der Waals surface area contributed by atoms with E-state index >= 15 is 0 Å². The number of carbonyl (C=O) groups excluding carboxylic acids is 2. The number of likely N-dealkylation sites (tertiary alicyclic amines) is 1. The molecule has 1 saturated heterocycles. The van der Waals surface area contributed by atoms with Crippen molar-refractivity contribution in [2.75, 3.05) is 11.9 Å². The van der Waals surface area contributed by atoms with Crippen LogP contribution in [0, 0.1) is 0 Å². The number of nitrogens with two attached hydrogens (primary N) is 1. The van der Waals surface area contributed by atoms with Gasteiger partial charge in [0, 0.05) is 29.9 Å². The summed E-state index contributed by atoms with van der Waals surface area (Å²) < 4.78 is 46.1. The minimum Gasteiger partial charge on any atom is -0.439 e. The SMILES string of the molecule is NC(=O)[C@@H]1CCCN1Cc1cc(Oc2ccc3c(ccn3C(=O)Nc3cccc(C(F)(F)F)c3)c2)ncn1. The summed E-state index contributed by atoms with van der Waals surface area (Å²) >= 11 is 0. The van der Waals surface area contributed by atoms with Gasteiger partial charge in [0.05, 0.1) is 22.8 Å². The van der Waals surface area contributed by atoms with Gasteiger partial charge in [0.15, 0.2) is 0 Å². The van der Waals surface area contributed by atoms with Crippen LogP contribution in [0.25, 0.3) is 10.9 Å². The first-order chi connectivity index (χ1) is 18.2. The Labute approximate surface area is 215 Å². The third kappa shape index (κ3) is 5.44. The molecule has 2 amide bonds. The fraction of sp³-hybridized carbons (Fsp3) is 0.231. The number of fused-ring (bicyclic) bond motifs is 1. The van der Waals surface area contributed by atoms with Crippen molar-refractivity contribution in [1.82, 2.24) is 19.4 Å². The lowest BCUT2D eigenvalue weighted by Crippen LogP contribution is -2.39. The quantitative estimate of drug-likeness (QED) is 0.375. The zero-order chi connectivity index (χ0) is 26.9. The minimum atomic E-state index is -4.51. The molecule has 2 aromatic carbocycles. The van der Waals surface area contributed by atoms with Crippen molar-refractivity contribution in [2.24, 2.45) is 5.73 Å². The first-order valence-corrected chi connectivity index (χ1v) is 11.8. The molecule has 3 heterocycles. The Hall–Kier alpha value is -4.45. The number of alkyl halides is 3. The maximum Gasteiger partial charge on any atom is 0.416 e. The second kappa shape index (κ2) is 10.1. The average molecular weight is 525 g/mol. The molecule has 0 aliphatic carbocycles. The minimum absolute atomic E-state index is 0.0299. The number of hydrogen-bond donors (Lipinski definition) is 2. The molecular weight excluding hydrogens is 501 g/mol. The van der Waals surface area contributed by atoms with E-state index in [4.69, 9.17) is 10.5 Å². The van der Waals surface area contributed by atoms with Gasteiger partial charge in [-0.2, -0.15) is 13.2 Å². The molecule has 0 radical (unpaired) electrons. The van der Waals surface area contributed by atoms with E-state index in [1.54, 1.807) is 30.3 Å². The lowest BCUT2D eigenvalue weighted by molar-refractivity contribution is -0.137. The molecule has 1 fully saturated rings. The number of hydrogen-bond acceptors (Lipinski definition) is 6. The summed E-state index contributed by atoms with van der Waals surface area (Å²) in [7, 11) is 0. The van der Waals surface area contributed by atoms with Crippen LogP contribution in [0.15, 0.2) is 67.1 Å². The fourth-order valence-electron chi connectivity index (χ4n) is 4.50. The van der Waals surface area contributed by atoms with Crippen LogP contribution < -0.4 is 15.8 Å². The average Bonchev–Trinajstić information content (AvgIpc) is 3.51. The monoisotopic (exact) mass is 524 g/mol. The van der Waals surface area contributed by atoms with Gasteiger partial charge in [-0.1, -0.05) is 6.07 Å². The van der Waals surface area contributed by atoms with Gasteiger partial charge in [0.1, 0.15) is 12.1 Å². The molecule has 38 heavy (non-hydrogen) atoms. The molecule has 0 unspecified atom stereocenters. The lowest BCUT2D eigenvalue weighted by atomic mass is 10.2. The number of primary amides is 1. The number of carbonyl (C=O) groups is 2. The third-order valence-electron chi connectivity index (χ3n) is 6.30. The number of halogens is 3. The molecule has 5 rings (SSSR count). The van der Waals surface area contributed by atoms with E-state index in [-0.39, 0.29) is 17.6 Å². The number of benzene rings is 2. The van der Waals surface area contributed by atoms with Gasteiger partial charge in [-0.3, -0.25) is 14.3 Å². The number of nitrogens with zero attached hydrogens (tertiary/aromatic N) is 4. The van der Waals surface area contributed by atoms with Gasteiger partial charge in [-0.05, 0) is 61.9 Å². The van der Waals surface area contributed by atoms with Crippen LogP contribution in [0.1, 0.15) is 24.1 Å². The zero-order valence-corrected chi connectivity index (χ0v) is 20.0. The highest BCUT2D eigenvalue weighted by Crippen LogP contribution is 2.31. The van der Waals surface area contributed by atoms with E-state index in [9.17, 15) is 22.8 Å². The van der Waals surface area contributed by atoms with E-state index < -0.39 is 17.8 Å². The van der Waals surface area contributed by atoms with Gasteiger partial charge >= 0.3 is 12.2 Å². The molecule has 1 aliphatic rings. The predicted octanol–water partition coefficient (Wildman–Crippen LogP) is 4.77. The molecule has 2 aromatic heterocycles. The summed E-state index contributed by atoms with van der Waals surface area (Å²) in [4.78, 5) is 34.8. The highest BCUT2D eigenvalue weighted by Gasteiger charge is 2.31. The number of anilines is 1. The maximum atomic E-state index is 13.0. The third-order valence-corrected chi connectivity index (χ3v) is 6.30. The zero-order valence-electron chi connectivity index (χ0n) is 20.0. The fourth-order valence-corrected chi connectivity index (χ4v) is 4.50. The van der Waals surface area contributed by atoms with Crippen molar-refractivity contribution in [1.29, 1.82) is 0 Å². The Morgan fingerprint density at radius 3 is 2.74 bits per heavy atom. The van der Waals surface area contributed by atoms with Crippen LogP contribution in [0.2, 0.25) is 0 Å². The van der Waals surface area contributed by atoms with Gasteiger partial charge < -0.3 is 15.8 Å². The second-order valence-corrected chi connectivity index (χ2v) is 8.90. The Morgan fingerprint density at radius 2 is 1.95 bits per heavy atom. The molecule has 4 aromatic rings. The molecule has 1 atom stereocenters. The molecule has 1 aliphatic heterocycles. The molecule has 0 spiro atoms. The number of rotatable bonds is 6. The Bertz CT molecular complexity index is 1500. The first kappa shape index (κ1) is 25.2. The van der Waals surface area contributed by atoms with Gasteiger partial charge in [0.2, 0.25) is 11.8 Å². The Morgan fingerprint density at radius 1 is 1.11 bits per heavy atom. The maximum absolute atomic E-state index is 13.0. The number of aromatic nitrogens is 3. The van der Waals surface area contributed by atoms with Crippen molar-refractivity contribution in [3.63, 3.8) is 0 Å². The first-order valence-electron chi connectivity index (χ1n) is 11.8. The van der Waals surface area contributed by atoms with E-state index in [1.165, 1.54) is 29.2 Å². The van der Waals surface area contributed by atoms with Crippen molar-refractivity contribution in [2.45, 2.75) is 31.6 Å². The number of ether oxygens (including phenoxy) is 1. The van der Waals surface area contributed by atoms with Crippen LogP contribution in [0.4, 0.5) is 23.7 Å². The summed E-state index contributed by atoms with van der Waals surface area (Å²) in [5, 5.41) is 3.17. The molecule has 196 valence electrons. The lowest BCUT2D eigenvalue weighted by Gasteiger charge is -2.21. The van der Waals surface area contributed by atoms with Crippen LogP contribution in [0.5, 0.6) is 11.6 Å². The van der Waals surface area contributed by atoms with Crippen LogP contribution in [-0.2, 0) is 17.5 Å². The molecule has 3 N–H and O–H groups in total. The van der Waals surface area contributed by atoms with Gasteiger partial charge in [0.25, 0.3) is 0 Å². The Kier molecular flexibility index (Phi) is 6.72. The molecule has 0 saturated carbocycles. The number of amides is 2. The predicted molar refractivity (Wildman–Crippen MR) is 133 cm³/mol. The standard InChI is InChI=1S/C26H23F3N6O3/c27-26(28,29)17-3-1-4-18(12-17)33-25(37)35-10-8-16-11-20(6-7-21(16)35)38-23-13-19(31-15-32-23)14-34-9-2-5-22(34)24(30)36/h1,3-4,6-8,10-13,15,22H,2,5,9,14H2,(H2,30,36)(H,33,37)/t22-/m0/s1. The van der Waals surface area contributed by atoms with Crippen molar-refractivity contribution in [3.05, 3.63) is 78.4 Å². The van der Waals surface area contributed by atoms with Crippen LogP contribution >= 0.6 is 0 Å². The second-order valence-electron chi connectivity index (χ2n) is 8.90. The molecule has 9 nitrogen and oxygen atoms in total.